The van der Waals surface area contributed by atoms with Gasteiger partial charge in [0.05, 0.1) is 18.8 Å². The van der Waals surface area contributed by atoms with E-state index in [2.05, 4.69) is 33.2 Å². The maximum absolute atomic E-state index is 6.22. The van der Waals surface area contributed by atoms with Gasteiger partial charge < -0.3 is 14.5 Å². The van der Waals surface area contributed by atoms with Crippen LogP contribution in [-0.2, 0) is 11.3 Å². The van der Waals surface area contributed by atoms with Crippen molar-refractivity contribution in [1.82, 2.24) is 14.9 Å². The predicted molar refractivity (Wildman–Crippen MR) is 112 cm³/mol. The van der Waals surface area contributed by atoms with Crippen molar-refractivity contribution in [2.45, 2.75) is 6.54 Å². The molecule has 2 aromatic heterocycles. The highest BCUT2D eigenvalue weighted by Crippen LogP contribution is 2.35. The fraction of sp³-hybridized carbons (Fsp3) is 0.227. The molecular formula is C22H21N3O2S. The highest BCUT2D eigenvalue weighted by Gasteiger charge is 2.14. The maximum Gasteiger partial charge on any atom is 0.137 e. The normalized spacial score (nSPS) is 15.1. The Balaban J connectivity index is 1.39. The number of H-pyrrole nitrogens is 1. The summed E-state index contributed by atoms with van der Waals surface area (Å²) in [5.41, 5.74) is 3.41. The molecule has 1 aliphatic rings. The molecule has 3 heterocycles. The Morgan fingerprint density at radius 1 is 1.14 bits per heavy atom. The summed E-state index contributed by atoms with van der Waals surface area (Å²) in [7, 11) is 0. The summed E-state index contributed by atoms with van der Waals surface area (Å²) in [6.07, 6.45) is 3.92. The number of hydrogen-bond donors (Lipinski definition) is 1. The second-order valence-electron chi connectivity index (χ2n) is 6.85. The zero-order valence-corrected chi connectivity index (χ0v) is 16.2. The van der Waals surface area contributed by atoms with Gasteiger partial charge in [0.1, 0.15) is 16.5 Å². The van der Waals surface area contributed by atoms with Crippen LogP contribution in [0.3, 0.4) is 0 Å². The summed E-state index contributed by atoms with van der Waals surface area (Å²) in [5.74, 6) is 1.63. The number of aromatic amines is 1. The Hall–Kier alpha value is -2.67. The Morgan fingerprint density at radius 2 is 2.04 bits per heavy atom. The van der Waals surface area contributed by atoms with Gasteiger partial charge in [-0.2, -0.15) is 0 Å². The van der Waals surface area contributed by atoms with E-state index >= 15 is 0 Å². The van der Waals surface area contributed by atoms with Crippen LogP contribution in [-0.4, -0.2) is 41.2 Å². The van der Waals surface area contributed by atoms with Crippen LogP contribution >= 0.6 is 11.3 Å². The molecule has 28 heavy (non-hydrogen) atoms. The second kappa shape index (κ2) is 7.75. The molecule has 0 aliphatic carbocycles. The largest absolute Gasteiger partial charge is 0.457 e. The molecule has 1 saturated heterocycles. The van der Waals surface area contributed by atoms with Gasteiger partial charge in [-0.3, -0.25) is 4.90 Å². The van der Waals surface area contributed by atoms with Crippen molar-refractivity contribution in [2.24, 2.45) is 0 Å². The third-order valence-electron chi connectivity index (χ3n) is 5.01. The summed E-state index contributed by atoms with van der Waals surface area (Å²) in [6.45, 7) is 4.55. The van der Waals surface area contributed by atoms with Crippen LogP contribution in [0, 0.1) is 0 Å². The third-order valence-corrected chi connectivity index (χ3v) is 5.82. The molecule has 1 aliphatic heterocycles. The monoisotopic (exact) mass is 391 g/mol. The number of hydrogen-bond acceptors (Lipinski definition) is 5. The predicted octanol–water partition coefficient (Wildman–Crippen LogP) is 4.92. The average molecular weight is 391 g/mol. The molecular weight excluding hydrogens is 370 g/mol. The highest BCUT2D eigenvalue weighted by molar-refractivity contribution is 7.13. The van der Waals surface area contributed by atoms with Gasteiger partial charge in [-0.25, -0.2) is 4.98 Å². The standard InChI is InChI=1S/C22H21N3O2S/c1-2-4-21(19(3-1)22-23-7-12-28-22)27-17-5-6-18-16(14-24-20(18)13-17)15-25-8-10-26-11-9-25/h1-7,12-14,24H,8-11,15H2. The number of fused-ring (bicyclic) bond motifs is 1. The van der Waals surface area contributed by atoms with Crippen LogP contribution in [0.1, 0.15) is 5.56 Å². The second-order valence-corrected chi connectivity index (χ2v) is 7.74. The minimum Gasteiger partial charge on any atom is -0.457 e. The van der Waals surface area contributed by atoms with Crippen LogP contribution in [0.4, 0.5) is 0 Å². The summed E-state index contributed by atoms with van der Waals surface area (Å²) < 4.78 is 11.7. The first-order chi connectivity index (χ1) is 13.9. The summed E-state index contributed by atoms with van der Waals surface area (Å²) in [6, 6.07) is 14.3. The van der Waals surface area contributed by atoms with Gasteiger partial charge >= 0.3 is 0 Å². The van der Waals surface area contributed by atoms with Gasteiger partial charge in [-0.15, -0.1) is 11.3 Å². The van der Waals surface area contributed by atoms with Gasteiger partial charge in [-0.05, 0) is 29.8 Å². The summed E-state index contributed by atoms with van der Waals surface area (Å²) >= 11 is 1.61. The smallest absolute Gasteiger partial charge is 0.137 e. The molecule has 0 unspecified atom stereocenters. The van der Waals surface area contributed by atoms with Crippen LogP contribution in [0.2, 0.25) is 0 Å². The van der Waals surface area contributed by atoms with Gasteiger partial charge in [-0.1, -0.05) is 12.1 Å². The van der Waals surface area contributed by atoms with E-state index in [1.165, 1.54) is 10.9 Å². The van der Waals surface area contributed by atoms with Crippen LogP contribution in [0.25, 0.3) is 21.5 Å². The first-order valence-electron chi connectivity index (χ1n) is 9.44. The number of thiazole rings is 1. The summed E-state index contributed by atoms with van der Waals surface area (Å²) in [5, 5.41) is 4.18. The molecule has 5 rings (SSSR count). The number of morpholine rings is 1. The van der Waals surface area contributed by atoms with E-state index in [-0.39, 0.29) is 0 Å². The van der Waals surface area contributed by atoms with E-state index in [1.807, 2.05) is 41.9 Å². The number of para-hydroxylation sites is 1. The van der Waals surface area contributed by atoms with E-state index in [0.29, 0.717) is 0 Å². The topological polar surface area (TPSA) is 50.4 Å². The van der Waals surface area contributed by atoms with E-state index in [9.17, 15) is 0 Å². The molecule has 6 heteroatoms. The third kappa shape index (κ3) is 3.54. The zero-order valence-electron chi connectivity index (χ0n) is 15.4. The van der Waals surface area contributed by atoms with Crippen LogP contribution < -0.4 is 4.74 Å². The average Bonchev–Trinajstić information content (AvgIpc) is 3.40. The molecule has 0 radical (unpaired) electrons. The minimum absolute atomic E-state index is 0.816. The number of nitrogens with one attached hydrogen (secondary N) is 1. The van der Waals surface area contributed by atoms with Crippen molar-refractivity contribution < 1.29 is 9.47 Å². The van der Waals surface area contributed by atoms with Crippen molar-refractivity contribution >= 4 is 22.2 Å². The molecule has 2 aromatic carbocycles. The van der Waals surface area contributed by atoms with Crippen molar-refractivity contribution in [2.75, 3.05) is 26.3 Å². The molecule has 1 N–H and O–H groups in total. The van der Waals surface area contributed by atoms with Gasteiger partial charge in [0, 0.05) is 54.4 Å². The molecule has 0 bridgehead atoms. The van der Waals surface area contributed by atoms with Gasteiger partial charge in [0.2, 0.25) is 0 Å². The lowest BCUT2D eigenvalue weighted by molar-refractivity contribution is 0.0343. The molecule has 0 saturated carbocycles. The first kappa shape index (κ1) is 17.4. The Kier molecular flexibility index (Phi) is 4.83. The van der Waals surface area contributed by atoms with E-state index in [4.69, 9.17) is 9.47 Å². The number of rotatable bonds is 5. The molecule has 1 fully saturated rings. The van der Waals surface area contributed by atoms with E-state index in [0.717, 1.165) is 60.4 Å². The van der Waals surface area contributed by atoms with Crippen molar-refractivity contribution in [3.63, 3.8) is 0 Å². The summed E-state index contributed by atoms with van der Waals surface area (Å²) in [4.78, 5) is 10.2. The van der Waals surface area contributed by atoms with E-state index in [1.54, 1.807) is 11.3 Å². The van der Waals surface area contributed by atoms with E-state index < -0.39 is 0 Å². The molecule has 0 spiro atoms. The fourth-order valence-corrected chi connectivity index (χ4v) is 4.24. The number of aromatic nitrogens is 2. The van der Waals surface area contributed by atoms with Crippen molar-refractivity contribution in [3.8, 4) is 22.1 Å². The first-order valence-corrected chi connectivity index (χ1v) is 10.3. The molecule has 0 amide bonds. The number of ether oxygens (including phenoxy) is 2. The Labute approximate surface area is 167 Å². The Bertz CT molecular complexity index is 1070. The number of nitrogens with zero attached hydrogens (tertiary/aromatic N) is 2. The maximum atomic E-state index is 6.22. The molecule has 0 atom stereocenters. The molecule has 5 nitrogen and oxygen atoms in total. The van der Waals surface area contributed by atoms with Gasteiger partial charge in [0.15, 0.2) is 0 Å². The highest BCUT2D eigenvalue weighted by atomic mass is 32.1. The van der Waals surface area contributed by atoms with Crippen molar-refractivity contribution in [3.05, 3.63) is 65.8 Å². The van der Waals surface area contributed by atoms with Crippen molar-refractivity contribution in [1.29, 1.82) is 0 Å². The molecule has 142 valence electrons. The zero-order chi connectivity index (χ0) is 18.8. The minimum atomic E-state index is 0.816. The SMILES string of the molecule is c1ccc(-c2nccs2)c(Oc2ccc3c(CN4CCOCC4)c[nH]c3c2)c1. The Morgan fingerprint density at radius 3 is 2.89 bits per heavy atom. The van der Waals surface area contributed by atoms with Crippen LogP contribution in [0.5, 0.6) is 11.5 Å². The number of benzene rings is 2. The van der Waals surface area contributed by atoms with Gasteiger partial charge in [0.25, 0.3) is 0 Å². The fourth-order valence-electron chi connectivity index (χ4n) is 3.58. The molecule has 4 aromatic rings. The van der Waals surface area contributed by atoms with Crippen LogP contribution in [0.15, 0.2) is 60.2 Å². The lowest BCUT2D eigenvalue weighted by atomic mass is 10.1. The lowest BCUT2D eigenvalue weighted by Crippen LogP contribution is -2.35. The lowest BCUT2D eigenvalue weighted by Gasteiger charge is -2.26. The quantitative estimate of drug-likeness (QED) is 0.525.